The Bertz CT molecular complexity index is 962. The Morgan fingerprint density at radius 1 is 0.633 bits per heavy atom. The number of benzene rings is 3. The van der Waals surface area contributed by atoms with Gasteiger partial charge in [0.1, 0.15) is 5.75 Å². The summed E-state index contributed by atoms with van der Waals surface area (Å²) in [6.07, 6.45) is 0. The third-order valence-electron chi connectivity index (χ3n) is 6.15. The van der Waals surface area contributed by atoms with E-state index < -0.39 is 8.32 Å². The van der Waals surface area contributed by atoms with Gasteiger partial charge < -0.3 is 14.2 Å². The summed E-state index contributed by atoms with van der Waals surface area (Å²) in [5.41, 5.74) is 4.60. The van der Waals surface area contributed by atoms with Crippen LogP contribution in [0.3, 0.4) is 0 Å². The van der Waals surface area contributed by atoms with Gasteiger partial charge in [0.05, 0.1) is 0 Å². The third kappa shape index (κ3) is 4.88. The van der Waals surface area contributed by atoms with Gasteiger partial charge in [0, 0.05) is 42.9 Å². The molecule has 0 aliphatic heterocycles. The Hall–Kier alpha value is -2.72. The van der Waals surface area contributed by atoms with Gasteiger partial charge in [-0.05, 0) is 66.7 Å². The van der Waals surface area contributed by atoms with Crippen LogP contribution in [-0.2, 0) is 0 Å². The minimum Gasteiger partial charge on any atom is -0.543 e. The van der Waals surface area contributed by atoms with E-state index in [-0.39, 0.29) is 5.04 Å². The van der Waals surface area contributed by atoms with E-state index >= 15 is 0 Å². The van der Waals surface area contributed by atoms with Crippen molar-refractivity contribution in [1.82, 2.24) is 0 Å². The minimum atomic E-state index is -1.86. The molecule has 0 aromatic heterocycles. The molecule has 0 saturated heterocycles. The van der Waals surface area contributed by atoms with Gasteiger partial charge in [-0.3, -0.25) is 0 Å². The molecule has 0 heterocycles. The zero-order valence-corrected chi connectivity index (χ0v) is 20.3. The van der Waals surface area contributed by atoms with Gasteiger partial charge in [-0.1, -0.05) is 45.0 Å². The maximum atomic E-state index is 6.50. The van der Waals surface area contributed by atoms with Crippen molar-refractivity contribution in [3.63, 3.8) is 0 Å². The molecule has 0 amide bonds. The van der Waals surface area contributed by atoms with Gasteiger partial charge in [0.15, 0.2) is 0 Å². The number of nitrogens with zero attached hydrogens (tertiary/aromatic N) is 2. The quantitative estimate of drug-likeness (QED) is 0.383. The fourth-order valence-electron chi connectivity index (χ4n) is 3.05. The first-order valence-electron chi connectivity index (χ1n) is 10.5. The molecule has 3 nitrogen and oxygen atoms in total. The lowest BCUT2D eigenvalue weighted by molar-refractivity contribution is 0.492. The van der Waals surface area contributed by atoms with Crippen molar-refractivity contribution in [1.29, 1.82) is 0 Å². The first-order chi connectivity index (χ1) is 14.1. The largest absolute Gasteiger partial charge is 0.543 e. The summed E-state index contributed by atoms with van der Waals surface area (Å²) >= 11 is 0. The SMILES string of the molecule is CN(c1ccccc1)c1ccc(N(C)c2cccc(O[Si](C)(C)C(C)(C)C)c2)cc1. The maximum absolute atomic E-state index is 6.50. The summed E-state index contributed by atoms with van der Waals surface area (Å²) in [7, 11) is 2.33. The highest BCUT2D eigenvalue weighted by Gasteiger charge is 2.39. The second kappa shape index (κ2) is 8.56. The van der Waals surface area contributed by atoms with E-state index in [1.807, 2.05) is 6.07 Å². The molecule has 0 bridgehead atoms. The van der Waals surface area contributed by atoms with Crippen molar-refractivity contribution in [2.24, 2.45) is 0 Å². The standard InChI is InChI=1S/C26H34N2OSi/c1-26(2,3)30(6,7)29-25-15-11-14-24(20-25)28(5)23-18-16-22(17-19-23)27(4)21-12-9-8-10-13-21/h8-20H,1-7H3. The van der Waals surface area contributed by atoms with Gasteiger partial charge in [-0.25, -0.2) is 0 Å². The van der Waals surface area contributed by atoms with E-state index in [0.717, 1.165) is 22.8 Å². The summed E-state index contributed by atoms with van der Waals surface area (Å²) in [4.78, 5) is 4.39. The molecular formula is C26H34N2OSi. The number of para-hydroxylation sites is 1. The Morgan fingerprint density at radius 3 is 1.63 bits per heavy atom. The predicted molar refractivity (Wildman–Crippen MR) is 133 cm³/mol. The van der Waals surface area contributed by atoms with Gasteiger partial charge in [0.2, 0.25) is 8.32 Å². The van der Waals surface area contributed by atoms with Gasteiger partial charge >= 0.3 is 0 Å². The molecule has 0 aliphatic carbocycles. The zero-order valence-electron chi connectivity index (χ0n) is 19.3. The molecular weight excluding hydrogens is 384 g/mol. The number of hydrogen-bond donors (Lipinski definition) is 0. The van der Waals surface area contributed by atoms with Crippen LogP contribution < -0.4 is 14.2 Å². The molecule has 3 rings (SSSR count). The molecule has 3 aromatic carbocycles. The van der Waals surface area contributed by atoms with Crippen LogP contribution in [0.1, 0.15) is 20.8 Å². The fourth-order valence-corrected chi connectivity index (χ4v) is 4.08. The summed E-state index contributed by atoms with van der Waals surface area (Å²) in [6, 6.07) is 27.5. The van der Waals surface area contributed by atoms with E-state index in [2.05, 4.69) is 131 Å². The number of anilines is 4. The molecule has 0 aliphatic rings. The molecule has 3 aromatic rings. The van der Waals surface area contributed by atoms with E-state index in [1.165, 1.54) is 5.69 Å². The van der Waals surface area contributed by atoms with Gasteiger partial charge in [0.25, 0.3) is 0 Å². The first kappa shape index (κ1) is 22.0. The summed E-state index contributed by atoms with van der Waals surface area (Å²) in [5, 5.41) is 0.176. The lowest BCUT2D eigenvalue weighted by Gasteiger charge is -2.36. The van der Waals surface area contributed by atoms with Crippen LogP contribution in [0.25, 0.3) is 0 Å². The van der Waals surface area contributed by atoms with Crippen LogP contribution in [0.2, 0.25) is 18.1 Å². The molecule has 0 unspecified atom stereocenters. The smallest absolute Gasteiger partial charge is 0.250 e. The first-order valence-corrected chi connectivity index (χ1v) is 13.4. The zero-order chi connectivity index (χ0) is 21.9. The second-order valence-corrected chi connectivity index (χ2v) is 14.1. The maximum Gasteiger partial charge on any atom is 0.250 e. The summed E-state index contributed by atoms with van der Waals surface area (Å²) in [5.74, 6) is 0.950. The highest BCUT2D eigenvalue weighted by atomic mass is 28.4. The Balaban J connectivity index is 1.78. The average Bonchev–Trinajstić information content (AvgIpc) is 2.72. The lowest BCUT2D eigenvalue weighted by atomic mass is 10.2. The topological polar surface area (TPSA) is 15.7 Å². The van der Waals surface area contributed by atoms with Crippen molar-refractivity contribution < 1.29 is 4.43 Å². The van der Waals surface area contributed by atoms with Gasteiger partial charge in [-0.15, -0.1) is 0 Å². The minimum absolute atomic E-state index is 0.176. The van der Waals surface area contributed by atoms with E-state index in [1.54, 1.807) is 0 Å². The normalized spacial score (nSPS) is 11.8. The van der Waals surface area contributed by atoms with Crippen molar-refractivity contribution in [2.75, 3.05) is 23.9 Å². The highest BCUT2D eigenvalue weighted by molar-refractivity contribution is 6.74. The molecule has 4 heteroatoms. The molecule has 0 atom stereocenters. The highest BCUT2D eigenvalue weighted by Crippen LogP contribution is 2.38. The van der Waals surface area contributed by atoms with Crippen molar-refractivity contribution in [3.05, 3.63) is 78.9 Å². The summed E-state index contributed by atoms with van der Waals surface area (Å²) in [6.45, 7) is 11.4. The van der Waals surface area contributed by atoms with E-state index in [0.29, 0.717) is 0 Å². The van der Waals surface area contributed by atoms with Crippen molar-refractivity contribution >= 4 is 31.1 Å². The second-order valence-electron chi connectivity index (χ2n) is 9.33. The van der Waals surface area contributed by atoms with Crippen LogP contribution in [-0.4, -0.2) is 22.4 Å². The van der Waals surface area contributed by atoms with E-state index in [9.17, 15) is 0 Å². The Kier molecular flexibility index (Phi) is 6.27. The van der Waals surface area contributed by atoms with Crippen molar-refractivity contribution in [3.8, 4) is 5.75 Å². The molecule has 0 N–H and O–H groups in total. The molecule has 30 heavy (non-hydrogen) atoms. The number of rotatable bonds is 6. The molecule has 0 radical (unpaired) electrons. The fraction of sp³-hybridized carbons (Fsp3) is 0.308. The van der Waals surface area contributed by atoms with Crippen LogP contribution >= 0.6 is 0 Å². The lowest BCUT2D eigenvalue weighted by Crippen LogP contribution is -2.43. The Morgan fingerprint density at radius 2 is 1.10 bits per heavy atom. The van der Waals surface area contributed by atoms with E-state index in [4.69, 9.17) is 4.43 Å². The predicted octanol–water partition coefficient (Wildman–Crippen LogP) is 7.61. The van der Waals surface area contributed by atoms with Crippen LogP contribution in [0.15, 0.2) is 78.9 Å². The molecule has 0 spiro atoms. The number of hydrogen-bond acceptors (Lipinski definition) is 3. The monoisotopic (exact) mass is 418 g/mol. The molecule has 158 valence electrons. The van der Waals surface area contributed by atoms with Gasteiger partial charge in [-0.2, -0.15) is 0 Å². The van der Waals surface area contributed by atoms with Crippen molar-refractivity contribution in [2.45, 2.75) is 38.9 Å². The molecule has 0 fully saturated rings. The molecule has 0 saturated carbocycles. The summed E-state index contributed by atoms with van der Waals surface area (Å²) < 4.78 is 6.50. The van der Waals surface area contributed by atoms with Crippen LogP contribution in [0.5, 0.6) is 5.75 Å². The average molecular weight is 419 g/mol. The third-order valence-corrected chi connectivity index (χ3v) is 10.5. The van der Waals surface area contributed by atoms with Crippen LogP contribution in [0.4, 0.5) is 22.7 Å². The Labute approximate surface area is 183 Å². The van der Waals surface area contributed by atoms with Crippen LogP contribution in [0, 0.1) is 0 Å².